The molecule has 2 aromatic heterocycles. The van der Waals surface area contributed by atoms with Crippen LogP contribution in [0.4, 0.5) is 4.79 Å². The van der Waals surface area contributed by atoms with Gasteiger partial charge in [-0.3, -0.25) is 9.97 Å². The number of carbonyl (C=O) groups is 2. The number of hydrogen-bond acceptors (Lipinski definition) is 7. The van der Waals surface area contributed by atoms with Crippen LogP contribution in [0.1, 0.15) is 49.1 Å². The normalized spacial score (nSPS) is 12.5. The average molecular weight is 350 g/mol. The third-order valence-corrected chi connectivity index (χ3v) is 3.78. The number of hydrogen-bond donors (Lipinski definition) is 2. The number of aromatic carboxylic acids is 1. The first-order chi connectivity index (χ1) is 11.2. The lowest BCUT2D eigenvalue weighted by Crippen LogP contribution is -2.34. The Balaban J connectivity index is 2.24. The Morgan fingerprint density at radius 2 is 1.92 bits per heavy atom. The van der Waals surface area contributed by atoms with Gasteiger partial charge in [0.15, 0.2) is 0 Å². The molecule has 2 N–H and O–H groups in total. The molecule has 2 heterocycles. The molecule has 0 unspecified atom stereocenters. The van der Waals surface area contributed by atoms with Crippen molar-refractivity contribution >= 4 is 23.4 Å². The molecule has 0 saturated carbocycles. The maximum atomic E-state index is 11.9. The highest BCUT2D eigenvalue weighted by molar-refractivity contribution is 7.16. The lowest BCUT2D eigenvalue weighted by molar-refractivity contribution is 0.0506. The predicted octanol–water partition coefficient (Wildman–Crippen LogP) is 2.88. The second-order valence-electron chi connectivity index (χ2n) is 5.99. The van der Waals surface area contributed by atoms with Crippen molar-refractivity contribution in [3.63, 3.8) is 0 Å². The van der Waals surface area contributed by atoms with E-state index >= 15 is 0 Å². The van der Waals surface area contributed by atoms with Gasteiger partial charge >= 0.3 is 12.1 Å². The molecule has 0 aliphatic rings. The zero-order chi connectivity index (χ0) is 17.9. The fraction of sp³-hybridized carbons (Fsp3) is 0.400. The van der Waals surface area contributed by atoms with Crippen LogP contribution in [0, 0.1) is 0 Å². The zero-order valence-corrected chi connectivity index (χ0v) is 14.5. The highest BCUT2D eigenvalue weighted by Crippen LogP contribution is 2.28. The number of aromatic nitrogens is 3. The Hall–Kier alpha value is -2.55. The Kier molecular flexibility index (Phi) is 5.13. The molecule has 2 rings (SSSR count). The summed E-state index contributed by atoms with van der Waals surface area (Å²) in [5.41, 5.74) is 0.300. The third kappa shape index (κ3) is 4.48. The van der Waals surface area contributed by atoms with E-state index in [4.69, 9.17) is 9.84 Å². The van der Waals surface area contributed by atoms with Gasteiger partial charge in [0, 0.05) is 12.4 Å². The van der Waals surface area contributed by atoms with E-state index in [-0.39, 0.29) is 4.88 Å². The van der Waals surface area contributed by atoms with Gasteiger partial charge in [0.2, 0.25) is 0 Å². The Labute approximate surface area is 142 Å². The van der Waals surface area contributed by atoms with E-state index in [0.717, 1.165) is 11.3 Å². The Morgan fingerprint density at radius 1 is 1.25 bits per heavy atom. The fourth-order valence-corrected chi connectivity index (χ4v) is 2.63. The van der Waals surface area contributed by atoms with Crippen molar-refractivity contribution in [1.29, 1.82) is 0 Å². The molecule has 0 fully saturated rings. The van der Waals surface area contributed by atoms with Gasteiger partial charge in [-0.05, 0) is 27.7 Å². The van der Waals surface area contributed by atoms with Crippen LogP contribution in [0.3, 0.4) is 0 Å². The summed E-state index contributed by atoms with van der Waals surface area (Å²) < 4.78 is 5.22. The Bertz CT molecular complexity index is 754. The molecule has 8 nitrogen and oxygen atoms in total. The van der Waals surface area contributed by atoms with Gasteiger partial charge in [-0.2, -0.15) is 0 Å². The zero-order valence-electron chi connectivity index (χ0n) is 13.7. The summed E-state index contributed by atoms with van der Waals surface area (Å²) in [6.07, 6.45) is 3.68. The topological polar surface area (TPSA) is 114 Å². The van der Waals surface area contributed by atoms with E-state index in [9.17, 15) is 9.59 Å². The minimum absolute atomic E-state index is 0.106. The molecule has 1 amide bonds. The van der Waals surface area contributed by atoms with Gasteiger partial charge < -0.3 is 15.2 Å². The summed E-state index contributed by atoms with van der Waals surface area (Å²) >= 11 is 0.997. The summed E-state index contributed by atoms with van der Waals surface area (Å²) in [5, 5.41) is 12.1. The molecule has 1 atom stereocenters. The van der Waals surface area contributed by atoms with Crippen molar-refractivity contribution in [1.82, 2.24) is 20.3 Å². The van der Waals surface area contributed by atoms with Crippen LogP contribution in [0.2, 0.25) is 0 Å². The number of carboxylic acids is 1. The second kappa shape index (κ2) is 6.91. The molecule has 2 aromatic rings. The second-order valence-corrected chi connectivity index (χ2v) is 7.02. The molecule has 128 valence electrons. The first-order valence-electron chi connectivity index (χ1n) is 7.17. The lowest BCUT2D eigenvalue weighted by Gasteiger charge is -2.22. The quantitative estimate of drug-likeness (QED) is 0.871. The van der Waals surface area contributed by atoms with E-state index in [1.54, 1.807) is 27.7 Å². The van der Waals surface area contributed by atoms with Gasteiger partial charge in [-0.1, -0.05) is 0 Å². The molecule has 24 heavy (non-hydrogen) atoms. The Morgan fingerprint density at radius 3 is 2.50 bits per heavy atom. The molecule has 0 aliphatic carbocycles. The van der Waals surface area contributed by atoms with Gasteiger partial charge in [0.1, 0.15) is 21.2 Å². The van der Waals surface area contributed by atoms with Crippen LogP contribution >= 0.6 is 11.3 Å². The maximum absolute atomic E-state index is 11.9. The number of alkyl carbamates (subject to hydrolysis) is 1. The molecular weight excluding hydrogens is 332 g/mol. The molecule has 0 radical (unpaired) electrons. The number of nitrogens with one attached hydrogen (secondary N) is 1. The first-order valence-corrected chi connectivity index (χ1v) is 7.99. The molecular formula is C15H18N4O4S. The van der Waals surface area contributed by atoms with Gasteiger partial charge in [0.25, 0.3) is 0 Å². The van der Waals surface area contributed by atoms with E-state index in [2.05, 4.69) is 20.3 Å². The van der Waals surface area contributed by atoms with Crippen molar-refractivity contribution in [2.75, 3.05) is 0 Å². The van der Waals surface area contributed by atoms with Gasteiger partial charge in [-0.25, -0.2) is 14.6 Å². The summed E-state index contributed by atoms with van der Waals surface area (Å²) in [4.78, 5) is 35.6. The van der Waals surface area contributed by atoms with Crippen LogP contribution in [-0.2, 0) is 4.74 Å². The number of amides is 1. The molecule has 0 aromatic carbocycles. The summed E-state index contributed by atoms with van der Waals surface area (Å²) in [6, 6.07) is -0.485. The number of carboxylic acid groups (broad SMARTS) is 1. The molecule has 0 saturated heterocycles. The van der Waals surface area contributed by atoms with Crippen LogP contribution in [0.15, 0.2) is 18.6 Å². The minimum atomic E-state index is -1.05. The van der Waals surface area contributed by atoms with E-state index < -0.39 is 23.7 Å². The van der Waals surface area contributed by atoms with Crippen molar-refractivity contribution in [2.24, 2.45) is 0 Å². The monoisotopic (exact) mass is 350 g/mol. The number of thiazole rings is 1. The van der Waals surface area contributed by atoms with Gasteiger partial charge in [-0.15, -0.1) is 11.3 Å². The molecule has 0 aliphatic heterocycles. The van der Waals surface area contributed by atoms with Crippen LogP contribution in [-0.4, -0.2) is 37.7 Å². The van der Waals surface area contributed by atoms with Crippen molar-refractivity contribution < 1.29 is 19.4 Å². The van der Waals surface area contributed by atoms with Crippen molar-refractivity contribution in [2.45, 2.75) is 39.3 Å². The van der Waals surface area contributed by atoms with Crippen LogP contribution in [0.5, 0.6) is 0 Å². The van der Waals surface area contributed by atoms with Crippen LogP contribution in [0.25, 0.3) is 10.7 Å². The number of carbonyl (C=O) groups excluding carboxylic acids is 1. The van der Waals surface area contributed by atoms with Crippen molar-refractivity contribution in [3.05, 3.63) is 29.2 Å². The fourth-order valence-electron chi connectivity index (χ4n) is 1.87. The highest BCUT2D eigenvalue weighted by atomic mass is 32.1. The number of ether oxygens (including phenoxy) is 1. The summed E-state index contributed by atoms with van der Waals surface area (Å²) in [5.74, 6) is -1.05. The van der Waals surface area contributed by atoms with Gasteiger partial charge in [0.05, 0.1) is 17.9 Å². The largest absolute Gasteiger partial charge is 0.477 e. The summed E-state index contributed by atoms with van der Waals surface area (Å²) in [7, 11) is 0. The minimum Gasteiger partial charge on any atom is -0.477 e. The maximum Gasteiger partial charge on any atom is 0.408 e. The number of nitrogens with zero attached hydrogens (tertiary/aromatic N) is 3. The highest BCUT2D eigenvalue weighted by Gasteiger charge is 2.22. The smallest absolute Gasteiger partial charge is 0.408 e. The summed E-state index contributed by atoms with van der Waals surface area (Å²) in [6.45, 7) is 7.05. The SMILES string of the molecule is C[C@H](NC(=O)OC(C)(C)C)c1nccnc1-c1ncc(C(=O)O)s1. The van der Waals surface area contributed by atoms with Crippen LogP contribution < -0.4 is 5.32 Å². The molecule has 0 bridgehead atoms. The predicted molar refractivity (Wildman–Crippen MR) is 87.9 cm³/mol. The van der Waals surface area contributed by atoms with E-state index in [1.807, 2.05) is 0 Å². The molecule has 9 heteroatoms. The van der Waals surface area contributed by atoms with E-state index in [0.29, 0.717) is 16.4 Å². The number of rotatable bonds is 4. The first kappa shape index (κ1) is 17.8. The lowest BCUT2D eigenvalue weighted by atomic mass is 10.2. The third-order valence-electron chi connectivity index (χ3n) is 2.79. The van der Waals surface area contributed by atoms with E-state index in [1.165, 1.54) is 18.6 Å². The standard InChI is InChI=1S/C15H18N4O4S/c1-8(19-14(22)23-15(2,3)4)10-11(17-6-5-16-10)12-18-7-9(24-12)13(20)21/h5-8H,1-4H3,(H,19,22)(H,20,21)/t8-/m0/s1. The van der Waals surface area contributed by atoms with Crippen molar-refractivity contribution in [3.8, 4) is 10.7 Å². The molecule has 0 spiro atoms. The average Bonchev–Trinajstić information content (AvgIpc) is 2.95.